The third-order valence-electron chi connectivity index (χ3n) is 3.94. The molecule has 0 saturated carbocycles. The molecule has 1 aromatic rings. The highest BCUT2D eigenvalue weighted by Gasteiger charge is 2.42. The molecule has 4 nitrogen and oxygen atoms in total. The molecule has 0 bridgehead atoms. The molecule has 1 heterocycles. The van der Waals surface area contributed by atoms with Crippen LogP contribution in [-0.2, 0) is 15.1 Å². The first-order chi connectivity index (χ1) is 9.97. The molecule has 1 aromatic carbocycles. The highest BCUT2D eigenvalue weighted by molar-refractivity contribution is 7.99. The van der Waals surface area contributed by atoms with Crippen molar-refractivity contribution in [2.45, 2.75) is 31.1 Å². The second-order valence-corrected chi connectivity index (χ2v) is 6.86. The molecule has 0 spiro atoms. The molecule has 21 heavy (non-hydrogen) atoms. The van der Waals surface area contributed by atoms with E-state index >= 15 is 0 Å². The standard InChI is InChI=1S/C16H22N2O2S/c1-12(21-3)11-18-10-9-14(19)17-16(2,15(18)20)13-7-5-4-6-8-13/h4-8,12H,9-11H2,1-3H3,(H,17,19). The minimum absolute atomic E-state index is 0.0274. The van der Waals surface area contributed by atoms with E-state index < -0.39 is 5.54 Å². The molecule has 1 aliphatic rings. The van der Waals surface area contributed by atoms with Gasteiger partial charge in [-0.2, -0.15) is 11.8 Å². The van der Waals surface area contributed by atoms with Gasteiger partial charge in [-0.1, -0.05) is 37.3 Å². The Hall–Kier alpha value is -1.49. The molecular formula is C16H22N2O2S. The highest BCUT2D eigenvalue weighted by atomic mass is 32.2. The van der Waals surface area contributed by atoms with Crippen LogP contribution in [0.4, 0.5) is 0 Å². The van der Waals surface area contributed by atoms with Gasteiger partial charge in [-0.15, -0.1) is 0 Å². The Labute approximate surface area is 130 Å². The number of amides is 2. The third kappa shape index (κ3) is 3.40. The summed E-state index contributed by atoms with van der Waals surface area (Å²) in [7, 11) is 0. The van der Waals surface area contributed by atoms with Crippen LogP contribution in [0.2, 0.25) is 0 Å². The molecule has 5 heteroatoms. The molecular weight excluding hydrogens is 284 g/mol. The van der Waals surface area contributed by atoms with Gasteiger partial charge in [0.15, 0.2) is 0 Å². The first kappa shape index (κ1) is 15.9. The number of benzene rings is 1. The van der Waals surface area contributed by atoms with E-state index in [0.717, 1.165) is 5.56 Å². The molecule has 0 aromatic heterocycles. The molecule has 114 valence electrons. The van der Waals surface area contributed by atoms with Gasteiger partial charge in [-0.05, 0) is 18.7 Å². The van der Waals surface area contributed by atoms with E-state index in [1.165, 1.54) is 0 Å². The summed E-state index contributed by atoms with van der Waals surface area (Å²) in [4.78, 5) is 26.8. The normalized spacial score (nSPS) is 24.4. The number of thioether (sulfide) groups is 1. The number of carbonyl (C=O) groups excluding carboxylic acids is 2. The van der Waals surface area contributed by atoms with E-state index in [0.29, 0.717) is 24.8 Å². The SMILES string of the molecule is CSC(C)CN1CCC(=O)NC(C)(c2ccccc2)C1=O. The average Bonchev–Trinajstić information content (AvgIpc) is 2.60. The lowest BCUT2D eigenvalue weighted by atomic mass is 9.90. The molecule has 2 rings (SSSR count). The Kier molecular flexibility index (Phi) is 4.93. The maximum Gasteiger partial charge on any atom is 0.252 e. The lowest BCUT2D eigenvalue weighted by molar-refractivity contribution is -0.138. The number of hydrogen-bond acceptors (Lipinski definition) is 3. The molecule has 1 aliphatic heterocycles. The van der Waals surface area contributed by atoms with Crippen molar-refractivity contribution in [3.8, 4) is 0 Å². The van der Waals surface area contributed by atoms with Gasteiger partial charge in [0.25, 0.3) is 5.91 Å². The Morgan fingerprint density at radius 3 is 2.62 bits per heavy atom. The van der Waals surface area contributed by atoms with Gasteiger partial charge in [0, 0.05) is 24.8 Å². The van der Waals surface area contributed by atoms with Crippen molar-refractivity contribution >= 4 is 23.6 Å². The van der Waals surface area contributed by atoms with Crippen LogP contribution in [0.5, 0.6) is 0 Å². The zero-order valence-corrected chi connectivity index (χ0v) is 13.6. The van der Waals surface area contributed by atoms with E-state index in [4.69, 9.17) is 0 Å². The topological polar surface area (TPSA) is 49.4 Å². The fraction of sp³-hybridized carbons (Fsp3) is 0.500. The summed E-state index contributed by atoms with van der Waals surface area (Å²) in [5, 5.41) is 3.25. The second kappa shape index (κ2) is 6.52. The Morgan fingerprint density at radius 2 is 2.00 bits per heavy atom. The van der Waals surface area contributed by atoms with Crippen molar-refractivity contribution in [3.05, 3.63) is 35.9 Å². The largest absolute Gasteiger partial charge is 0.339 e. The number of rotatable bonds is 4. The first-order valence-electron chi connectivity index (χ1n) is 7.16. The first-order valence-corrected chi connectivity index (χ1v) is 8.45. The second-order valence-electron chi connectivity index (χ2n) is 5.59. The summed E-state index contributed by atoms with van der Waals surface area (Å²) in [6.07, 6.45) is 2.39. The fourth-order valence-electron chi connectivity index (χ4n) is 2.58. The lowest BCUT2D eigenvalue weighted by Gasteiger charge is -2.33. The quantitative estimate of drug-likeness (QED) is 0.925. The van der Waals surface area contributed by atoms with Crippen LogP contribution in [-0.4, -0.2) is 41.3 Å². The maximum absolute atomic E-state index is 13.0. The summed E-state index contributed by atoms with van der Waals surface area (Å²) >= 11 is 1.72. The van der Waals surface area contributed by atoms with Crippen LogP contribution in [0, 0.1) is 0 Å². The molecule has 0 aliphatic carbocycles. The van der Waals surface area contributed by atoms with Gasteiger partial charge in [-0.3, -0.25) is 9.59 Å². The molecule has 0 radical (unpaired) electrons. The van der Waals surface area contributed by atoms with Crippen molar-refractivity contribution in [3.63, 3.8) is 0 Å². The fourth-order valence-corrected chi connectivity index (χ4v) is 2.90. The molecule has 2 amide bonds. The van der Waals surface area contributed by atoms with E-state index in [-0.39, 0.29) is 11.8 Å². The molecule has 2 unspecified atom stereocenters. The maximum atomic E-state index is 13.0. The Balaban J connectivity index is 2.34. The van der Waals surface area contributed by atoms with Crippen LogP contribution in [0.3, 0.4) is 0 Å². The molecule has 1 fully saturated rings. The van der Waals surface area contributed by atoms with Gasteiger partial charge < -0.3 is 10.2 Å². The minimum Gasteiger partial charge on any atom is -0.339 e. The highest BCUT2D eigenvalue weighted by Crippen LogP contribution is 2.26. The van der Waals surface area contributed by atoms with Crippen molar-refractivity contribution in [1.29, 1.82) is 0 Å². The van der Waals surface area contributed by atoms with E-state index in [9.17, 15) is 9.59 Å². The van der Waals surface area contributed by atoms with Gasteiger partial charge in [0.1, 0.15) is 5.54 Å². The minimum atomic E-state index is -0.979. The van der Waals surface area contributed by atoms with Gasteiger partial charge in [0.05, 0.1) is 0 Å². The number of nitrogens with zero attached hydrogens (tertiary/aromatic N) is 1. The molecule has 1 saturated heterocycles. The third-order valence-corrected chi connectivity index (χ3v) is 4.90. The van der Waals surface area contributed by atoms with Crippen molar-refractivity contribution < 1.29 is 9.59 Å². The van der Waals surface area contributed by atoms with Crippen LogP contribution >= 0.6 is 11.8 Å². The summed E-state index contributed by atoms with van der Waals surface area (Å²) < 4.78 is 0. The van der Waals surface area contributed by atoms with Crippen LogP contribution in [0.25, 0.3) is 0 Å². The van der Waals surface area contributed by atoms with Crippen molar-refractivity contribution in [1.82, 2.24) is 10.2 Å². The number of carbonyl (C=O) groups is 2. The van der Waals surface area contributed by atoms with Crippen molar-refractivity contribution in [2.75, 3.05) is 19.3 Å². The summed E-state index contributed by atoms with van der Waals surface area (Å²) in [6, 6.07) is 9.46. The Bertz CT molecular complexity index is 520. The summed E-state index contributed by atoms with van der Waals surface area (Å²) in [5.41, 5.74) is -0.153. The predicted octanol–water partition coefficient (Wildman–Crippen LogP) is 2.00. The summed E-state index contributed by atoms with van der Waals surface area (Å²) in [6.45, 7) is 5.04. The smallest absolute Gasteiger partial charge is 0.252 e. The molecule has 2 atom stereocenters. The van der Waals surface area contributed by atoms with Crippen LogP contribution in [0.1, 0.15) is 25.8 Å². The van der Waals surface area contributed by atoms with Gasteiger partial charge >= 0.3 is 0 Å². The van der Waals surface area contributed by atoms with Gasteiger partial charge in [0.2, 0.25) is 5.91 Å². The predicted molar refractivity (Wildman–Crippen MR) is 86.1 cm³/mol. The van der Waals surface area contributed by atoms with E-state index in [1.807, 2.05) is 41.5 Å². The number of hydrogen-bond donors (Lipinski definition) is 1. The summed E-state index contributed by atoms with van der Waals surface area (Å²) in [5.74, 6) is -0.102. The van der Waals surface area contributed by atoms with Crippen LogP contribution in [0.15, 0.2) is 30.3 Å². The van der Waals surface area contributed by atoms with E-state index in [1.54, 1.807) is 18.7 Å². The Morgan fingerprint density at radius 1 is 1.33 bits per heavy atom. The zero-order valence-electron chi connectivity index (χ0n) is 12.8. The van der Waals surface area contributed by atoms with E-state index in [2.05, 4.69) is 12.2 Å². The zero-order chi connectivity index (χ0) is 15.5. The average molecular weight is 306 g/mol. The lowest BCUT2D eigenvalue weighted by Crippen LogP contribution is -2.53. The molecule has 1 N–H and O–H groups in total. The van der Waals surface area contributed by atoms with Crippen molar-refractivity contribution in [2.24, 2.45) is 0 Å². The number of nitrogens with one attached hydrogen (secondary N) is 1. The van der Waals surface area contributed by atoms with Gasteiger partial charge in [-0.25, -0.2) is 0 Å². The van der Waals surface area contributed by atoms with Crippen LogP contribution < -0.4 is 5.32 Å². The monoisotopic (exact) mass is 306 g/mol.